The molecule has 0 saturated heterocycles. The fraction of sp³-hybridized carbons (Fsp3) is 0.381. The number of nitrogens with one attached hydrogen (secondary N) is 1. The average molecular weight is 320 g/mol. The van der Waals surface area contributed by atoms with Crippen LogP contribution in [0.5, 0.6) is 5.75 Å². The van der Waals surface area contributed by atoms with Crippen molar-refractivity contribution in [2.45, 2.75) is 45.1 Å². The van der Waals surface area contributed by atoms with Crippen molar-refractivity contribution in [3.63, 3.8) is 0 Å². The largest absolute Gasteiger partial charge is 0.493 e. The van der Waals surface area contributed by atoms with Gasteiger partial charge in [-0.15, -0.1) is 0 Å². The summed E-state index contributed by atoms with van der Waals surface area (Å²) in [5.74, 6) is 0.846. The summed E-state index contributed by atoms with van der Waals surface area (Å²) in [6.07, 6.45) is 5.02. The predicted octanol–water partition coefficient (Wildman–Crippen LogP) is 5.03. The van der Waals surface area contributed by atoms with E-state index in [0.29, 0.717) is 13.0 Å². The Morgan fingerprint density at radius 3 is 2.92 bits per heavy atom. The van der Waals surface area contributed by atoms with Crippen LogP contribution in [-0.2, 0) is 12.8 Å². The third-order valence-corrected chi connectivity index (χ3v) is 4.54. The molecule has 2 aromatic rings. The summed E-state index contributed by atoms with van der Waals surface area (Å²) in [7, 11) is 0. The van der Waals surface area contributed by atoms with E-state index in [-0.39, 0.29) is 6.04 Å². The second-order valence-electron chi connectivity index (χ2n) is 6.39. The van der Waals surface area contributed by atoms with Gasteiger partial charge >= 0.3 is 0 Å². The summed E-state index contributed by atoms with van der Waals surface area (Å²) in [6.45, 7) is 2.77. The van der Waals surface area contributed by atoms with E-state index in [2.05, 4.69) is 42.6 Å². The minimum Gasteiger partial charge on any atom is -0.493 e. The van der Waals surface area contributed by atoms with Crippen LogP contribution in [0.1, 0.15) is 48.9 Å². The van der Waals surface area contributed by atoms with Gasteiger partial charge < -0.3 is 10.1 Å². The summed E-state index contributed by atoms with van der Waals surface area (Å²) in [5, 5.41) is 12.1. The van der Waals surface area contributed by atoms with Gasteiger partial charge in [-0.3, -0.25) is 0 Å². The average Bonchev–Trinajstić information content (AvgIpc) is 3.07. The smallest absolute Gasteiger partial charge is 0.121 e. The molecule has 0 radical (unpaired) electrons. The van der Waals surface area contributed by atoms with Crippen molar-refractivity contribution in [3.05, 3.63) is 59.2 Å². The lowest BCUT2D eigenvalue weighted by molar-refractivity contribution is 0.313. The van der Waals surface area contributed by atoms with Crippen LogP contribution in [0.3, 0.4) is 0 Å². The minimum atomic E-state index is 0.254. The topological polar surface area (TPSA) is 45.0 Å². The summed E-state index contributed by atoms with van der Waals surface area (Å²) in [6, 6.07) is 17.3. The zero-order valence-electron chi connectivity index (χ0n) is 14.2. The summed E-state index contributed by atoms with van der Waals surface area (Å²) in [4.78, 5) is 0. The van der Waals surface area contributed by atoms with Gasteiger partial charge in [-0.1, -0.05) is 24.3 Å². The maximum Gasteiger partial charge on any atom is 0.121 e. The van der Waals surface area contributed by atoms with Crippen molar-refractivity contribution in [1.82, 2.24) is 0 Å². The first-order valence-corrected chi connectivity index (χ1v) is 8.74. The quantitative estimate of drug-likeness (QED) is 0.728. The highest BCUT2D eigenvalue weighted by Gasteiger charge is 2.13. The van der Waals surface area contributed by atoms with Crippen LogP contribution in [-0.4, -0.2) is 6.61 Å². The Hall–Kier alpha value is -2.47. The zero-order valence-corrected chi connectivity index (χ0v) is 14.2. The number of nitrogens with zero attached hydrogens (tertiary/aromatic N) is 1. The van der Waals surface area contributed by atoms with Crippen LogP contribution in [0.2, 0.25) is 0 Å². The molecule has 0 aliphatic heterocycles. The molecular formula is C21H24N2O. The molecular weight excluding hydrogens is 296 g/mol. The van der Waals surface area contributed by atoms with Gasteiger partial charge in [0.05, 0.1) is 12.7 Å². The Morgan fingerprint density at radius 2 is 2.04 bits per heavy atom. The van der Waals surface area contributed by atoms with Crippen LogP contribution in [0.15, 0.2) is 42.5 Å². The van der Waals surface area contributed by atoms with E-state index in [1.165, 1.54) is 36.0 Å². The van der Waals surface area contributed by atoms with Crippen LogP contribution in [0, 0.1) is 11.3 Å². The van der Waals surface area contributed by atoms with Gasteiger partial charge in [0.25, 0.3) is 0 Å². The van der Waals surface area contributed by atoms with Crippen LogP contribution < -0.4 is 10.1 Å². The highest BCUT2D eigenvalue weighted by molar-refractivity contribution is 5.50. The molecule has 0 bridgehead atoms. The van der Waals surface area contributed by atoms with Crippen molar-refractivity contribution in [2.75, 3.05) is 11.9 Å². The first kappa shape index (κ1) is 16.4. The predicted molar refractivity (Wildman–Crippen MR) is 97.3 cm³/mol. The number of aryl methyl sites for hydroxylation is 2. The molecule has 3 rings (SSSR count). The molecule has 3 nitrogen and oxygen atoms in total. The van der Waals surface area contributed by atoms with Crippen LogP contribution in [0.4, 0.5) is 5.69 Å². The van der Waals surface area contributed by atoms with Gasteiger partial charge in [0.2, 0.25) is 0 Å². The van der Waals surface area contributed by atoms with Gasteiger partial charge in [-0.05, 0) is 61.4 Å². The van der Waals surface area contributed by atoms with E-state index < -0.39 is 0 Å². The number of nitriles is 1. The normalized spacial score (nSPS) is 13.8. The second-order valence-corrected chi connectivity index (χ2v) is 6.39. The lowest BCUT2D eigenvalue weighted by Gasteiger charge is -2.17. The van der Waals surface area contributed by atoms with Gasteiger partial charge in [-0.25, -0.2) is 0 Å². The third kappa shape index (κ3) is 4.08. The van der Waals surface area contributed by atoms with E-state index in [0.717, 1.165) is 17.9 Å². The van der Waals surface area contributed by atoms with Gasteiger partial charge in [0.1, 0.15) is 5.75 Å². The maximum absolute atomic E-state index is 8.56. The van der Waals surface area contributed by atoms with Crippen molar-refractivity contribution in [1.29, 1.82) is 5.26 Å². The highest BCUT2D eigenvalue weighted by Crippen LogP contribution is 2.28. The molecule has 1 atom stereocenters. The number of rotatable bonds is 7. The molecule has 24 heavy (non-hydrogen) atoms. The highest BCUT2D eigenvalue weighted by atomic mass is 16.5. The maximum atomic E-state index is 8.56. The van der Waals surface area contributed by atoms with E-state index in [1.807, 2.05) is 18.2 Å². The van der Waals surface area contributed by atoms with Gasteiger partial charge in [0.15, 0.2) is 0 Å². The molecule has 0 spiro atoms. The van der Waals surface area contributed by atoms with Crippen molar-refractivity contribution < 1.29 is 4.74 Å². The molecule has 0 saturated carbocycles. The first-order valence-electron chi connectivity index (χ1n) is 8.74. The van der Waals surface area contributed by atoms with E-state index in [4.69, 9.17) is 10.00 Å². The number of hydrogen-bond acceptors (Lipinski definition) is 3. The lowest BCUT2D eigenvalue weighted by Crippen LogP contribution is -2.07. The molecule has 1 aliphatic rings. The Balaban J connectivity index is 1.62. The molecule has 3 heteroatoms. The molecule has 0 amide bonds. The van der Waals surface area contributed by atoms with E-state index in [9.17, 15) is 0 Å². The minimum absolute atomic E-state index is 0.254. The molecule has 1 aliphatic carbocycles. The van der Waals surface area contributed by atoms with Crippen LogP contribution in [0.25, 0.3) is 0 Å². The number of ether oxygens (including phenoxy) is 1. The SMILES string of the molecule is CC(Nc1cccc(OCCCC#N)c1)c1ccc2c(c1)CCC2. The molecule has 0 heterocycles. The number of hydrogen-bond donors (Lipinski definition) is 1. The Kier molecular flexibility index (Phi) is 5.38. The Morgan fingerprint density at radius 1 is 1.17 bits per heavy atom. The summed E-state index contributed by atoms with van der Waals surface area (Å²) >= 11 is 0. The summed E-state index contributed by atoms with van der Waals surface area (Å²) in [5.41, 5.74) is 5.41. The fourth-order valence-electron chi connectivity index (χ4n) is 3.21. The van der Waals surface area contributed by atoms with Crippen molar-refractivity contribution in [3.8, 4) is 11.8 Å². The van der Waals surface area contributed by atoms with Gasteiger partial charge in [-0.2, -0.15) is 5.26 Å². The van der Waals surface area contributed by atoms with Crippen molar-refractivity contribution >= 4 is 5.69 Å². The van der Waals surface area contributed by atoms with E-state index >= 15 is 0 Å². The number of unbranched alkanes of at least 4 members (excludes halogenated alkanes) is 1. The first-order chi connectivity index (χ1) is 11.8. The number of benzene rings is 2. The van der Waals surface area contributed by atoms with Gasteiger partial charge in [0, 0.05) is 24.2 Å². The molecule has 0 fully saturated rings. The number of anilines is 1. The van der Waals surface area contributed by atoms with E-state index in [1.54, 1.807) is 0 Å². The monoisotopic (exact) mass is 320 g/mol. The third-order valence-electron chi connectivity index (χ3n) is 4.54. The second kappa shape index (κ2) is 7.88. The standard InChI is InChI=1S/C21H24N2O/c1-16(18-11-10-17-6-4-7-19(17)14-18)23-20-8-5-9-21(15-20)24-13-3-2-12-22/h5,8-11,14-16,23H,2-4,6-7,13H2,1H3. The molecule has 1 N–H and O–H groups in total. The number of fused-ring (bicyclic) bond motifs is 1. The molecule has 124 valence electrons. The fourth-order valence-corrected chi connectivity index (χ4v) is 3.21. The zero-order chi connectivity index (χ0) is 16.8. The summed E-state index contributed by atoms with van der Waals surface area (Å²) < 4.78 is 5.71. The Bertz CT molecular complexity index is 733. The molecule has 0 aromatic heterocycles. The lowest BCUT2D eigenvalue weighted by atomic mass is 10.0. The molecule has 1 unspecified atom stereocenters. The Labute approximate surface area is 144 Å². The molecule has 2 aromatic carbocycles. The van der Waals surface area contributed by atoms with Crippen molar-refractivity contribution in [2.24, 2.45) is 0 Å². The van der Waals surface area contributed by atoms with Crippen LogP contribution >= 0.6 is 0 Å².